The van der Waals surface area contributed by atoms with Crippen LogP contribution in [0, 0.1) is 5.92 Å². The maximum absolute atomic E-state index is 11.7. The summed E-state index contributed by atoms with van der Waals surface area (Å²) in [5.74, 6) is -1.67. The lowest BCUT2D eigenvalue weighted by atomic mass is 10.0. The number of nitrogens with zero attached hydrogens (tertiary/aromatic N) is 1. The molecule has 0 aliphatic rings. The Bertz CT molecular complexity index is 339. The Balaban J connectivity index is 4.31. The highest BCUT2D eigenvalue weighted by Crippen LogP contribution is 2.02. The van der Waals surface area contributed by atoms with Crippen molar-refractivity contribution in [1.29, 1.82) is 0 Å². The predicted molar refractivity (Wildman–Crippen MR) is 72.3 cm³/mol. The third-order valence-corrected chi connectivity index (χ3v) is 2.58. The molecule has 8 heteroatoms. The molecule has 0 aromatic carbocycles. The summed E-state index contributed by atoms with van der Waals surface area (Å²) >= 11 is 0. The molecule has 2 atom stereocenters. The van der Waals surface area contributed by atoms with Crippen LogP contribution < -0.4 is 22.5 Å². The highest BCUT2D eigenvalue weighted by atomic mass is 16.4. The second kappa shape index (κ2) is 8.30. The standard InChI is InChI=1S/C11H23N5O3/c1-6(2)8(12)9(17)16-7(10(18)19)4-3-5-15-11(13)14/h6-8H,3-5,12H2,1-2H3,(H,16,17)(H,18,19)(H4,13,14,15)/t7-,8-/m1/s1. The fraction of sp³-hybridized carbons (Fsp3) is 0.727. The molecule has 0 unspecified atom stereocenters. The minimum Gasteiger partial charge on any atom is -0.480 e. The molecule has 0 radical (unpaired) electrons. The van der Waals surface area contributed by atoms with Gasteiger partial charge in [0.25, 0.3) is 0 Å². The van der Waals surface area contributed by atoms with E-state index in [1.165, 1.54) is 0 Å². The molecule has 19 heavy (non-hydrogen) atoms. The fourth-order valence-electron chi connectivity index (χ4n) is 1.33. The Hall–Kier alpha value is -1.83. The first-order chi connectivity index (χ1) is 8.75. The van der Waals surface area contributed by atoms with Crippen LogP contribution in [0.3, 0.4) is 0 Å². The summed E-state index contributed by atoms with van der Waals surface area (Å²) in [4.78, 5) is 26.4. The molecule has 0 aromatic rings. The molecule has 0 heterocycles. The summed E-state index contributed by atoms with van der Waals surface area (Å²) in [7, 11) is 0. The summed E-state index contributed by atoms with van der Waals surface area (Å²) in [5.41, 5.74) is 15.9. The quantitative estimate of drug-likeness (QED) is 0.208. The highest BCUT2D eigenvalue weighted by Gasteiger charge is 2.24. The average Bonchev–Trinajstić information content (AvgIpc) is 2.30. The number of hydrogen-bond donors (Lipinski definition) is 5. The Morgan fingerprint density at radius 3 is 2.32 bits per heavy atom. The molecule has 8 nitrogen and oxygen atoms in total. The number of guanidine groups is 1. The molecule has 0 aliphatic heterocycles. The first kappa shape index (κ1) is 17.2. The first-order valence-electron chi connectivity index (χ1n) is 6.09. The number of aliphatic carboxylic acids is 1. The molecule has 110 valence electrons. The number of carbonyl (C=O) groups is 2. The van der Waals surface area contributed by atoms with Crippen LogP contribution in [0.4, 0.5) is 0 Å². The number of carbonyl (C=O) groups excluding carboxylic acids is 1. The van der Waals surface area contributed by atoms with Gasteiger partial charge in [-0.25, -0.2) is 4.79 Å². The first-order valence-corrected chi connectivity index (χ1v) is 6.09. The van der Waals surface area contributed by atoms with Crippen molar-refractivity contribution in [2.24, 2.45) is 28.1 Å². The van der Waals surface area contributed by atoms with E-state index in [0.717, 1.165) is 0 Å². The van der Waals surface area contributed by atoms with Gasteiger partial charge in [-0.3, -0.25) is 9.79 Å². The van der Waals surface area contributed by atoms with E-state index < -0.39 is 24.0 Å². The Morgan fingerprint density at radius 1 is 1.32 bits per heavy atom. The number of nitrogens with one attached hydrogen (secondary N) is 1. The predicted octanol–water partition coefficient (Wildman–Crippen LogP) is -1.41. The summed E-state index contributed by atoms with van der Waals surface area (Å²) in [6.45, 7) is 3.90. The zero-order valence-corrected chi connectivity index (χ0v) is 11.3. The van der Waals surface area contributed by atoms with E-state index >= 15 is 0 Å². The molecule has 0 saturated carbocycles. The van der Waals surface area contributed by atoms with Gasteiger partial charge in [0.05, 0.1) is 6.04 Å². The molecule has 0 fully saturated rings. The van der Waals surface area contributed by atoms with Gasteiger partial charge in [0.1, 0.15) is 6.04 Å². The summed E-state index contributed by atoms with van der Waals surface area (Å²) < 4.78 is 0. The van der Waals surface area contributed by atoms with Crippen molar-refractivity contribution in [2.45, 2.75) is 38.8 Å². The minimum absolute atomic E-state index is 0.0438. The van der Waals surface area contributed by atoms with E-state index in [2.05, 4.69) is 10.3 Å². The van der Waals surface area contributed by atoms with Crippen molar-refractivity contribution in [3.63, 3.8) is 0 Å². The largest absolute Gasteiger partial charge is 0.480 e. The van der Waals surface area contributed by atoms with E-state index in [9.17, 15) is 9.59 Å². The zero-order chi connectivity index (χ0) is 15.0. The SMILES string of the molecule is CC(C)[C@@H](N)C(=O)N[C@H](CCCN=C(N)N)C(=O)O. The lowest BCUT2D eigenvalue weighted by Crippen LogP contribution is -2.50. The molecular weight excluding hydrogens is 250 g/mol. The number of hydrogen-bond acceptors (Lipinski definition) is 4. The van der Waals surface area contributed by atoms with Crippen molar-refractivity contribution in [2.75, 3.05) is 6.54 Å². The van der Waals surface area contributed by atoms with Crippen molar-refractivity contribution >= 4 is 17.8 Å². The minimum atomic E-state index is -1.10. The third kappa shape index (κ3) is 7.24. The molecule has 0 spiro atoms. The van der Waals surface area contributed by atoms with Crippen LogP contribution in [-0.2, 0) is 9.59 Å². The van der Waals surface area contributed by atoms with Crippen LogP contribution in [0.1, 0.15) is 26.7 Å². The van der Waals surface area contributed by atoms with Gasteiger partial charge in [-0.2, -0.15) is 0 Å². The monoisotopic (exact) mass is 273 g/mol. The maximum Gasteiger partial charge on any atom is 0.326 e. The van der Waals surface area contributed by atoms with Gasteiger partial charge < -0.3 is 27.6 Å². The van der Waals surface area contributed by atoms with Crippen molar-refractivity contribution in [1.82, 2.24) is 5.32 Å². The maximum atomic E-state index is 11.7. The number of carboxylic acid groups (broad SMARTS) is 1. The number of aliphatic imine (C=N–C) groups is 1. The lowest BCUT2D eigenvalue weighted by Gasteiger charge is -2.19. The molecule has 0 saturated heterocycles. The van der Waals surface area contributed by atoms with Gasteiger partial charge in [0.15, 0.2) is 5.96 Å². The topological polar surface area (TPSA) is 157 Å². The molecule has 0 aromatic heterocycles. The van der Waals surface area contributed by atoms with Gasteiger partial charge in [-0.15, -0.1) is 0 Å². The molecular formula is C11H23N5O3. The van der Waals surface area contributed by atoms with Gasteiger partial charge in [0.2, 0.25) is 5.91 Å². The smallest absolute Gasteiger partial charge is 0.326 e. The molecule has 0 bridgehead atoms. The van der Waals surface area contributed by atoms with Crippen molar-refractivity contribution in [3.05, 3.63) is 0 Å². The van der Waals surface area contributed by atoms with E-state index in [-0.39, 0.29) is 18.3 Å². The van der Waals surface area contributed by atoms with E-state index in [1.807, 2.05) is 0 Å². The number of nitrogens with two attached hydrogens (primary N) is 3. The summed E-state index contributed by atoms with van der Waals surface area (Å²) in [6.07, 6.45) is 0.689. The number of rotatable bonds is 8. The van der Waals surface area contributed by atoms with E-state index in [4.69, 9.17) is 22.3 Å². The second-order valence-electron chi connectivity index (χ2n) is 4.62. The summed E-state index contributed by atoms with van der Waals surface area (Å²) in [5, 5.41) is 11.4. The van der Waals surface area contributed by atoms with Crippen LogP contribution in [0.25, 0.3) is 0 Å². The Kier molecular flexibility index (Phi) is 7.50. The summed E-state index contributed by atoms with van der Waals surface area (Å²) in [6, 6.07) is -1.70. The van der Waals surface area contributed by atoms with Crippen LogP contribution in [0.2, 0.25) is 0 Å². The molecule has 0 aliphatic carbocycles. The molecule has 1 amide bonds. The fourth-order valence-corrected chi connectivity index (χ4v) is 1.33. The average molecular weight is 273 g/mol. The van der Waals surface area contributed by atoms with Crippen LogP contribution in [0.15, 0.2) is 4.99 Å². The molecule has 0 rings (SSSR count). The number of amides is 1. The second-order valence-corrected chi connectivity index (χ2v) is 4.62. The normalized spacial score (nSPS) is 13.7. The van der Waals surface area contributed by atoms with Crippen molar-refractivity contribution < 1.29 is 14.7 Å². The van der Waals surface area contributed by atoms with Gasteiger partial charge >= 0.3 is 5.97 Å². The Morgan fingerprint density at radius 2 is 1.89 bits per heavy atom. The highest BCUT2D eigenvalue weighted by molar-refractivity contribution is 5.86. The van der Waals surface area contributed by atoms with E-state index in [0.29, 0.717) is 13.0 Å². The zero-order valence-electron chi connectivity index (χ0n) is 11.3. The van der Waals surface area contributed by atoms with E-state index in [1.54, 1.807) is 13.8 Å². The van der Waals surface area contributed by atoms with Gasteiger partial charge in [-0.1, -0.05) is 13.8 Å². The van der Waals surface area contributed by atoms with Gasteiger partial charge in [-0.05, 0) is 18.8 Å². The lowest BCUT2D eigenvalue weighted by molar-refractivity contribution is -0.142. The molecule has 8 N–H and O–H groups in total. The van der Waals surface area contributed by atoms with Crippen molar-refractivity contribution in [3.8, 4) is 0 Å². The van der Waals surface area contributed by atoms with Crippen LogP contribution in [0.5, 0.6) is 0 Å². The number of carboxylic acids is 1. The van der Waals surface area contributed by atoms with Crippen LogP contribution in [-0.4, -0.2) is 41.6 Å². The van der Waals surface area contributed by atoms with Gasteiger partial charge in [0, 0.05) is 6.54 Å². The van der Waals surface area contributed by atoms with Crippen LogP contribution >= 0.6 is 0 Å². The third-order valence-electron chi connectivity index (χ3n) is 2.58. The Labute approximate surface area is 112 Å².